The van der Waals surface area contributed by atoms with Crippen LogP contribution in [0.15, 0.2) is 51.7 Å². The second-order valence-corrected chi connectivity index (χ2v) is 7.97. The Morgan fingerprint density at radius 2 is 2.00 bits per heavy atom. The predicted molar refractivity (Wildman–Crippen MR) is 118 cm³/mol. The minimum atomic E-state index is -0.486. The van der Waals surface area contributed by atoms with Gasteiger partial charge in [0.25, 0.3) is 5.89 Å². The first-order valence-corrected chi connectivity index (χ1v) is 10.7. The van der Waals surface area contributed by atoms with Gasteiger partial charge in [0.1, 0.15) is 0 Å². The van der Waals surface area contributed by atoms with Gasteiger partial charge in [-0.15, -0.1) is 0 Å². The minimum Gasteiger partial charge on any atom is -0.452 e. The van der Waals surface area contributed by atoms with Gasteiger partial charge in [-0.05, 0) is 43.9 Å². The third kappa shape index (κ3) is 4.97. The average molecular weight is 435 g/mol. The molecule has 1 aromatic carbocycles. The summed E-state index contributed by atoms with van der Waals surface area (Å²) in [5.41, 5.74) is 6.02. The van der Waals surface area contributed by atoms with Crippen molar-refractivity contribution in [1.29, 1.82) is 0 Å². The van der Waals surface area contributed by atoms with Crippen LogP contribution in [0, 0.1) is 20.8 Å². The summed E-state index contributed by atoms with van der Waals surface area (Å²) >= 11 is 1.55. The van der Waals surface area contributed by atoms with Crippen molar-refractivity contribution in [2.24, 2.45) is 0 Å². The lowest BCUT2D eigenvalue weighted by atomic mass is 10.1. The smallest absolute Gasteiger partial charge is 0.331 e. The van der Waals surface area contributed by atoms with Crippen molar-refractivity contribution in [3.63, 3.8) is 0 Å². The fraction of sp³-hybridized carbons (Fsp3) is 0.217. The van der Waals surface area contributed by atoms with E-state index >= 15 is 0 Å². The highest BCUT2D eigenvalue weighted by Gasteiger charge is 2.12. The van der Waals surface area contributed by atoms with Crippen LogP contribution in [0.3, 0.4) is 0 Å². The first kappa shape index (κ1) is 20.7. The molecule has 8 heteroatoms. The van der Waals surface area contributed by atoms with Gasteiger partial charge >= 0.3 is 5.97 Å². The summed E-state index contributed by atoms with van der Waals surface area (Å²) in [5, 5.41) is 12.4. The number of ether oxygens (including phenoxy) is 1. The van der Waals surface area contributed by atoms with E-state index in [0.29, 0.717) is 12.4 Å². The Morgan fingerprint density at radius 3 is 2.74 bits per heavy atom. The molecule has 158 valence electrons. The number of aryl methyl sites for hydroxylation is 2. The van der Waals surface area contributed by atoms with Crippen LogP contribution >= 0.6 is 11.3 Å². The second kappa shape index (κ2) is 9.09. The normalized spacial score (nSPS) is 11.3. The highest BCUT2D eigenvalue weighted by atomic mass is 32.1. The van der Waals surface area contributed by atoms with E-state index in [9.17, 15) is 4.79 Å². The van der Waals surface area contributed by atoms with Crippen LogP contribution in [0.5, 0.6) is 0 Å². The van der Waals surface area contributed by atoms with Crippen LogP contribution in [-0.2, 0) is 22.7 Å². The van der Waals surface area contributed by atoms with Gasteiger partial charge in [0, 0.05) is 28.3 Å². The number of nitrogens with zero attached hydrogens (tertiary/aromatic N) is 4. The van der Waals surface area contributed by atoms with Crippen LogP contribution < -0.4 is 0 Å². The molecule has 31 heavy (non-hydrogen) atoms. The molecule has 4 rings (SSSR count). The fourth-order valence-corrected chi connectivity index (χ4v) is 3.76. The highest BCUT2D eigenvalue weighted by molar-refractivity contribution is 7.08. The average Bonchev–Trinajstić information content (AvgIpc) is 3.49. The van der Waals surface area contributed by atoms with E-state index in [4.69, 9.17) is 9.26 Å². The summed E-state index contributed by atoms with van der Waals surface area (Å²) in [7, 11) is 0. The molecule has 4 aromatic rings. The molecule has 0 atom stereocenters. The molecule has 0 aliphatic carbocycles. The number of hydrogen-bond acceptors (Lipinski definition) is 7. The minimum absolute atomic E-state index is 0.0784. The molecule has 0 radical (unpaired) electrons. The lowest BCUT2D eigenvalue weighted by Gasteiger charge is -2.05. The zero-order valence-corrected chi connectivity index (χ0v) is 18.3. The van der Waals surface area contributed by atoms with E-state index in [2.05, 4.69) is 46.4 Å². The fourth-order valence-electron chi connectivity index (χ4n) is 3.13. The third-order valence-electron chi connectivity index (χ3n) is 4.86. The Hall–Kier alpha value is -3.52. The second-order valence-electron chi connectivity index (χ2n) is 7.19. The van der Waals surface area contributed by atoms with Crippen molar-refractivity contribution >= 4 is 23.4 Å². The Labute approximate surface area is 184 Å². The van der Waals surface area contributed by atoms with Gasteiger partial charge in [-0.1, -0.05) is 35.0 Å². The molecule has 0 aliphatic heterocycles. The number of thiophene rings is 1. The lowest BCUT2D eigenvalue weighted by molar-refractivity contribution is -0.139. The van der Waals surface area contributed by atoms with E-state index in [1.54, 1.807) is 17.4 Å². The lowest BCUT2D eigenvalue weighted by Crippen LogP contribution is -2.04. The zero-order chi connectivity index (χ0) is 21.8. The Kier molecular flexibility index (Phi) is 6.08. The Bertz CT molecular complexity index is 1200. The quantitative estimate of drug-likeness (QED) is 0.309. The van der Waals surface area contributed by atoms with Crippen LogP contribution in [0.25, 0.3) is 17.5 Å². The van der Waals surface area contributed by atoms with Crippen LogP contribution in [0.2, 0.25) is 0 Å². The molecule has 0 fully saturated rings. The number of hydrogen-bond donors (Lipinski definition) is 0. The zero-order valence-electron chi connectivity index (χ0n) is 17.5. The molecule has 0 saturated heterocycles. The van der Waals surface area contributed by atoms with E-state index in [1.165, 1.54) is 17.2 Å². The van der Waals surface area contributed by atoms with Crippen LogP contribution in [0.4, 0.5) is 0 Å². The van der Waals surface area contributed by atoms with Crippen molar-refractivity contribution in [3.8, 4) is 11.4 Å². The van der Waals surface area contributed by atoms with Crippen molar-refractivity contribution in [1.82, 2.24) is 19.9 Å². The van der Waals surface area contributed by atoms with Gasteiger partial charge in [0.2, 0.25) is 5.82 Å². The van der Waals surface area contributed by atoms with Crippen molar-refractivity contribution < 1.29 is 14.1 Å². The maximum absolute atomic E-state index is 12.2. The monoisotopic (exact) mass is 434 g/mol. The van der Waals surface area contributed by atoms with E-state index < -0.39 is 5.97 Å². The maximum atomic E-state index is 12.2. The molecule has 0 aliphatic rings. The van der Waals surface area contributed by atoms with E-state index in [-0.39, 0.29) is 12.5 Å². The first-order chi connectivity index (χ1) is 15.0. The van der Waals surface area contributed by atoms with E-state index in [0.717, 1.165) is 22.5 Å². The van der Waals surface area contributed by atoms with Gasteiger partial charge in [-0.2, -0.15) is 21.4 Å². The Morgan fingerprint density at radius 1 is 1.19 bits per heavy atom. The van der Waals surface area contributed by atoms with Crippen LogP contribution in [-0.4, -0.2) is 25.9 Å². The summed E-state index contributed by atoms with van der Waals surface area (Å²) in [6.07, 6.45) is 3.12. The van der Waals surface area contributed by atoms with Gasteiger partial charge in [0.05, 0.1) is 12.2 Å². The summed E-state index contributed by atoms with van der Waals surface area (Å²) in [6.45, 7) is 6.58. The first-order valence-electron chi connectivity index (χ1n) is 9.79. The van der Waals surface area contributed by atoms with Gasteiger partial charge < -0.3 is 9.26 Å². The number of aromatic nitrogens is 4. The molecule has 0 amide bonds. The molecular weight excluding hydrogens is 412 g/mol. The van der Waals surface area contributed by atoms with Gasteiger partial charge in [-0.3, -0.25) is 4.68 Å². The van der Waals surface area contributed by atoms with Gasteiger partial charge in [0.15, 0.2) is 6.61 Å². The van der Waals surface area contributed by atoms with E-state index in [1.807, 2.05) is 35.4 Å². The number of esters is 1. The summed E-state index contributed by atoms with van der Waals surface area (Å²) in [6, 6.07) is 10.3. The maximum Gasteiger partial charge on any atom is 0.331 e. The molecule has 0 spiro atoms. The Balaban J connectivity index is 1.37. The molecule has 3 heterocycles. The van der Waals surface area contributed by atoms with Crippen LogP contribution in [0.1, 0.15) is 34.0 Å². The predicted octanol–water partition coefficient (Wildman–Crippen LogP) is 4.72. The largest absolute Gasteiger partial charge is 0.452 e. The molecule has 3 aromatic heterocycles. The summed E-state index contributed by atoms with van der Waals surface area (Å²) in [5.74, 6) is 0.247. The highest BCUT2D eigenvalue weighted by Crippen LogP contribution is 2.19. The molecule has 0 unspecified atom stereocenters. The molecule has 0 bridgehead atoms. The summed E-state index contributed by atoms with van der Waals surface area (Å²) in [4.78, 5) is 16.4. The molecule has 0 saturated carbocycles. The molecular formula is C23H22N4O3S. The SMILES string of the molecule is Cc1ccc(Cn2nc(C)c(/C=C/C(=O)OCc3nc(-c4ccsc4)no3)c2C)cc1. The van der Waals surface area contributed by atoms with Crippen molar-refractivity contribution in [2.75, 3.05) is 0 Å². The number of carbonyl (C=O) groups excluding carboxylic acids is 1. The standard InChI is InChI=1S/C23H22N4O3S/c1-15-4-6-18(7-5-15)12-27-17(3)20(16(2)25-27)8-9-22(28)29-13-21-24-23(26-30-21)19-10-11-31-14-19/h4-11,14H,12-13H2,1-3H3/b9-8+. The molecule has 0 N–H and O–H groups in total. The van der Waals surface area contributed by atoms with Gasteiger partial charge in [-0.25, -0.2) is 4.79 Å². The number of carbonyl (C=O) groups is 1. The third-order valence-corrected chi connectivity index (χ3v) is 5.55. The summed E-state index contributed by atoms with van der Waals surface area (Å²) < 4.78 is 12.3. The number of rotatable bonds is 7. The topological polar surface area (TPSA) is 83.0 Å². The molecule has 7 nitrogen and oxygen atoms in total. The van der Waals surface area contributed by atoms with Crippen molar-refractivity contribution in [3.05, 3.63) is 81.1 Å². The number of benzene rings is 1. The van der Waals surface area contributed by atoms with Crippen molar-refractivity contribution in [2.45, 2.75) is 33.9 Å².